The first kappa shape index (κ1) is 25.9. The molecule has 3 atom stereocenters. The van der Waals surface area contributed by atoms with Crippen LogP contribution >= 0.6 is 0 Å². The van der Waals surface area contributed by atoms with Crippen LogP contribution in [0.25, 0.3) is 0 Å². The van der Waals surface area contributed by atoms with Gasteiger partial charge in [-0.3, -0.25) is 4.79 Å². The minimum absolute atomic E-state index is 0.00511. The maximum atomic E-state index is 13.6. The molecule has 2 heterocycles. The number of aromatic nitrogens is 3. The molecule has 1 aromatic heterocycles. The number of piperidine rings is 1. The molecule has 1 aliphatic heterocycles. The van der Waals surface area contributed by atoms with Gasteiger partial charge in [0.1, 0.15) is 18.1 Å². The second kappa shape index (κ2) is 11.8. The van der Waals surface area contributed by atoms with Crippen LogP contribution in [0.3, 0.4) is 0 Å². The van der Waals surface area contributed by atoms with Gasteiger partial charge in [-0.15, -0.1) is 5.10 Å². The fourth-order valence-electron chi connectivity index (χ4n) is 5.56. The topological polar surface area (TPSA) is 107 Å². The minimum Gasteiger partial charge on any atom is -0.497 e. The van der Waals surface area contributed by atoms with Gasteiger partial charge in [0.2, 0.25) is 5.91 Å². The number of rotatable bonds is 7. The fourth-order valence-corrected chi connectivity index (χ4v) is 5.56. The maximum absolute atomic E-state index is 13.6. The molecule has 1 saturated carbocycles. The van der Waals surface area contributed by atoms with Crippen LogP contribution in [0.5, 0.6) is 5.75 Å². The summed E-state index contributed by atoms with van der Waals surface area (Å²) in [5.74, 6) is 0.437. The van der Waals surface area contributed by atoms with E-state index in [0.29, 0.717) is 17.7 Å². The van der Waals surface area contributed by atoms with E-state index in [1.807, 2.05) is 35.2 Å². The highest BCUT2D eigenvalue weighted by Gasteiger charge is 2.41. The summed E-state index contributed by atoms with van der Waals surface area (Å²) in [5.41, 5.74) is 1.94. The quantitative estimate of drug-likeness (QED) is 0.469. The van der Waals surface area contributed by atoms with Crippen molar-refractivity contribution in [2.45, 2.75) is 63.3 Å². The third-order valence-corrected chi connectivity index (χ3v) is 7.67. The number of hydrogen-bond acceptors (Lipinski definition) is 7. The normalized spacial score (nSPS) is 22.2. The molecule has 0 radical (unpaired) electrons. The SMILES string of the molecule is COc1ccc([C@H]2C[C@@H](n3cc(COC(=O)c4ccccc4)nn3)[C@H](O)CN2C(=O)C2CCCCC2)cc1. The van der Waals surface area contributed by atoms with Crippen LogP contribution in [0, 0.1) is 5.92 Å². The molecule has 5 rings (SSSR count). The number of esters is 1. The first-order chi connectivity index (χ1) is 18.5. The van der Waals surface area contributed by atoms with Crippen LogP contribution in [-0.2, 0) is 16.1 Å². The summed E-state index contributed by atoms with van der Waals surface area (Å²) in [7, 11) is 1.63. The Morgan fingerprint density at radius 1 is 1.03 bits per heavy atom. The Balaban J connectivity index is 1.33. The van der Waals surface area contributed by atoms with Gasteiger partial charge >= 0.3 is 5.97 Å². The number of benzene rings is 2. The predicted molar refractivity (Wildman–Crippen MR) is 139 cm³/mol. The van der Waals surface area contributed by atoms with Crippen LogP contribution < -0.4 is 4.74 Å². The van der Waals surface area contributed by atoms with Crippen molar-refractivity contribution in [1.29, 1.82) is 0 Å². The number of hydrogen-bond donors (Lipinski definition) is 1. The number of ether oxygens (including phenoxy) is 2. The first-order valence-corrected chi connectivity index (χ1v) is 13.3. The van der Waals surface area contributed by atoms with Gasteiger partial charge in [-0.05, 0) is 49.1 Å². The van der Waals surface area contributed by atoms with Crippen LogP contribution in [0.4, 0.5) is 0 Å². The number of nitrogens with zero attached hydrogens (tertiary/aromatic N) is 4. The van der Waals surface area contributed by atoms with Crippen molar-refractivity contribution in [3.8, 4) is 5.75 Å². The van der Waals surface area contributed by atoms with E-state index in [4.69, 9.17) is 9.47 Å². The molecule has 1 N–H and O–H groups in total. The summed E-state index contributed by atoms with van der Waals surface area (Å²) in [6.07, 6.45) is 6.49. The molecular weight excluding hydrogens is 484 g/mol. The Morgan fingerprint density at radius 3 is 2.47 bits per heavy atom. The molecule has 9 heteroatoms. The van der Waals surface area contributed by atoms with Gasteiger partial charge in [0.25, 0.3) is 0 Å². The first-order valence-electron chi connectivity index (χ1n) is 13.3. The van der Waals surface area contributed by atoms with Gasteiger partial charge in [-0.2, -0.15) is 0 Å². The maximum Gasteiger partial charge on any atom is 0.338 e. The third-order valence-electron chi connectivity index (χ3n) is 7.67. The molecular formula is C29H34N4O5. The molecule has 1 amide bonds. The van der Waals surface area contributed by atoms with Crippen molar-refractivity contribution in [1.82, 2.24) is 19.9 Å². The van der Waals surface area contributed by atoms with Gasteiger partial charge in [0, 0.05) is 12.5 Å². The number of likely N-dealkylation sites (tertiary alicyclic amines) is 1. The average Bonchev–Trinajstić information content (AvgIpc) is 3.45. The monoisotopic (exact) mass is 518 g/mol. The molecule has 2 aromatic carbocycles. The smallest absolute Gasteiger partial charge is 0.338 e. The summed E-state index contributed by atoms with van der Waals surface area (Å²) in [6.45, 7) is 0.194. The molecule has 1 aliphatic carbocycles. The van der Waals surface area contributed by atoms with Gasteiger partial charge in [0.05, 0.1) is 37.1 Å². The number of carbonyl (C=O) groups is 2. The Labute approximate surface area is 222 Å². The van der Waals surface area contributed by atoms with Crippen molar-refractivity contribution >= 4 is 11.9 Å². The number of β-amino-alcohol motifs (C(OH)–C–C–N with tert-alkyl or cyclic N) is 1. The Hall–Kier alpha value is -3.72. The minimum atomic E-state index is -0.807. The fraction of sp³-hybridized carbons (Fsp3) is 0.448. The lowest BCUT2D eigenvalue weighted by Crippen LogP contribution is -2.51. The van der Waals surface area contributed by atoms with Crippen LogP contribution in [-0.4, -0.2) is 56.6 Å². The molecule has 2 fully saturated rings. The summed E-state index contributed by atoms with van der Waals surface area (Å²) in [6, 6.07) is 15.9. The summed E-state index contributed by atoms with van der Waals surface area (Å²) < 4.78 is 12.3. The van der Waals surface area contributed by atoms with E-state index in [1.165, 1.54) is 6.42 Å². The highest BCUT2D eigenvalue weighted by Crippen LogP contribution is 2.39. The molecule has 2 aliphatic rings. The molecule has 200 valence electrons. The number of aliphatic hydroxyl groups is 1. The number of amides is 1. The molecule has 9 nitrogen and oxygen atoms in total. The molecule has 1 saturated heterocycles. The average molecular weight is 519 g/mol. The largest absolute Gasteiger partial charge is 0.497 e. The Bertz CT molecular complexity index is 1220. The molecule has 0 bridgehead atoms. The molecule has 0 unspecified atom stereocenters. The van der Waals surface area contributed by atoms with Crippen LogP contribution in [0.1, 0.15) is 72.2 Å². The van der Waals surface area contributed by atoms with Gasteiger partial charge in [-0.1, -0.05) is 54.8 Å². The lowest BCUT2D eigenvalue weighted by Gasteiger charge is -2.44. The zero-order valence-electron chi connectivity index (χ0n) is 21.6. The van der Waals surface area contributed by atoms with Gasteiger partial charge in [-0.25, -0.2) is 9.48 Å². The second-order valence-corrected chi connectivity index (χ2v) is 10.1. The lowest BCUT2D eigenvalue weighted by atomic mass is 9.84. The number of aliphatic hydroxyl groups excluding tert-OH is 1. The third kappa shape index (κ3) is 5.72. The van der Waals surface area contributed by atoms with Crippen molar-refractivity contribution in [2.24, 2.45) is 5.92 Å². The van der Waals surface area contributed by atoms with E-state index in [0.717, 1.165) is 37.0 Å². The van der Waals surface area contributed by atoms with E-state index in [1.54, 1.807) is 42.3 Å². The van der Waals surface area contributed by atoms with E-state index in [9.17, 15) is 14.7 Å². The van der Waals surface area contributed by atoms with E-state index in [2.05, 4.69) is 10.3 Å². The summed E-state index contributed by atoms with van der Waals surface area (Å²) in [4.78, 5) is 27.8. The number of carbonyl (C=O) groups excluding carboxylic acids is 2. The standard InChI is InChI=1S/C29H34N4O5/c1-37-24-14-12-20(13-15-24)25-16-26(27(34)18-32(25)28(35)21-8-4-2-5-9-21)33-17-23(30-31-33)19-38-29(36)22-10-6-3-7-11-22/h3,6-7,10-15,17,21,25-27,34H,2,4-5,8-9,16,18-19H2,1H3/t25-,26-,27-/m1/s1. The number of methoxy groups -OCH3 is 1. The van der Waals surface area contributed by atoms with E-state index < -0.39 is 12.1 Å². The highest BCUT2D eigenvalue weighted by atomic mass is 16.5. The van der Waals surface area contributed by atoms with Crippen molar-refractivity contribution in [3.63, 3.8) is 0 Å². The molecule has 0 spiro atoms. The van der Waals surface area contributed by atoms with Crippen molar-refractivity contribution in [3.05, 3.63) is 77.6 Å². The van der Waals surface area contributed by atoms with Crippen molar-refractivity contribution in [2.75, 3.05) is 13.7 Å². The lowest BCUT2D eigenvalue weighted by molar-refractivity contribution is -0.145. The Kier molecular flexibility index (Phi) is 8.03. The molecule has 3 aromatic rings. The van der Waals surface area contributed by atoms with E-state index in [-0.39, 0.29) is 37.1 Å². The molecule has 38 heavy (non-hydrogen) atoms. The van der Waals surface area contributed by atoms with Gasteiger partial charge in [0.15, 0.2) is 0 Å². The summed E-state index contributed by atoms with van der Waals surface area (Å²) >= 11 is 0. The second-order valence-electron chi connectivity index (χ2n) is 10.1. The predicted octanol–water partition coefficient (Wildman–Crippen LogP) is 4.10. The Morgan fingerprint density at radius 2 is 1.76 bits per heavy atom. The van der Waals surface area contributed by atoms with Crippen LogP contribution in [0.15, 0.2) is 60.8 Å². The zero-order chi connectivity index (χ0) is 26.5. The summed E-state index contributed by atoms with van der Waals surface area (Å²) in [5, 5.41) is 19.6. The zero-order valence-corrected chi connectivity index (χ0v) is 21.6. The van der Waals surface area contributed by atoms with Crippen molar-refractivity contribution < 1.29 is 24.2 Å². The van der Waals surface area contributed by atoms with Gasteiger partial charge < -0.3 is 19.5 Å². The van der Waals surface area contributed by atoms with E-state index >= 15 is 0 Å². The van der Waals surface area contributed by atoms with Crippen LogP contribution in [0.2, 0.25) is 0 Å². The highest BCUT2D eigenvalue weighted by molar-refractivity contribution is 5.89.